The normalized spacial score (nSPS) is 23.2. The van der Waals surface area contributed by atoms with Gasteiger partial charge in [-0.15, -0.1) is 0 Å². The maximum atomic E-state index is 13.0. The first-order valence-electron chi connectivity index (χ1n) is 11.1. The molecule has 2 aliphatic heterocycles. The second-order valence-corrected chi connectivity index (χ2v) is 8.78. The van der Waals surface area contributed by atoms with Gasteiger partial charge in [-0.25, -0.2) is 0 Å². The van der Waals surface area contributed by atoms with Crippen LogP contribution in [0.15, 0.2) is 34.9 Å². The zero-order valence-corrected chi connectivity index (χ0v) is 17.9. The van der Waals surface area contributed by atoms with Gasteiger partial charge in [0.1, 0.15) is 5.75 Å². The molecule has 1 aromatic heterocycles. The second kappa shape index (κ2) is 9.60. The molecule has 1 amide bonds. The molecule has 0 spiro atoms. The summed E-state index contributed by atoms with van der Waals surface area (Å²) >= 11 is 0. The predicted molar refractivity (Wildman–Crippen MR) is 113 cm³/mol. The first kappa shape index (κ1) is 20.8. The highest BCUT2D eigenvalue weighted by molar-refractivity contribution is 5.78. The van der Waals surface area contributed by atoms with Gasteiger partial charge in [0, 0.05) is 18.5 Å². The van der Waals surface area contributed by atoms with E-state index in [0.29, 0.717) is 24.8 Å². The second-order valence-electron chi connectivity index (χ2n) is 8.78. The van der Waals surface area contributed by atoms with Crippen molar-refractivity contribution in [3.8, 4) is 5.75 Å². The number of benzene rings is 1. The number of hydrogen-bond acceptors (Lipinski definition) is 6. The molecule has 0 saturated carbocycles. The molecule has 4 rings (SSSR count). The van der Waals surface area contributed by atoms with Crippen LogP contribution in [0.5, 0.6) is 5.75 Å². The highest BCUT2D eigenvalue weighted by Crippen LogP contribution is 2.32. The molecule has 3 heterocycles. The standard InChI is InChI=1S/C23H32N4O3/c1-23(22-24-20(30-25-22)17-29-19-10-5-4-6-11-19)12-9-15-27(18-23)21(28)16-26-13-7-2-3-8-14-26/h4-6,10-11H,2-3,7-9,12-18H2,1H3. The van der Waals surface area contributed by atoms with E-state index in [0.717, 1.165) is 38.2 Å². The molecule has 0 aliphatic carbocycles. The van der Waals surface area contributed by atoms with Crippen molar-refractivity contribution in [1.29, 1.82) is 0 Å². The lowest BCUT2D eigenvalue weighted by atomic mass is 9.81. The summed E-state index contributed by atoms with van der Waals surface area (Å²) in [5.74, 6) is 2.12. The highest BCUT2D eigenvalue weighted by Gasteiger charge is 2.38. The molecule has 2 fully saturated rings. The number of nitrogens with zero attached hydrogens (tertiary/aromatic N) is 4. The smallest absolute Gasteiger partial charge is 0.264 e. The van der Waals surface area contributed by atoms with Crippen LogP contribution >= 0.6 is 0 Å². The van der Waals surface area contributed by atoms with E-state index >= 15 is 0 Å². The molecule has 2 aliphatic rings. The van der Waals surface area contributed by atoms with E-state index in [1.807, 2.05) is 35.2 Å². The predicted octanol–water partition coefficient (Wildman–Crippen LogP) is 3.40. The molecule has 2 saturated heterocycles. The lowest BCUT2D eigenvalue weighted by molar-refractivity contribution is -0.134. The van der Waals surface area contributed by atoms with Crippen LogP contribution in [0.2, 0.25) is 0 Å². The quantitative estimate of drug-likeness (QED) is 0.724. The Kier molecular flexibility index (Phi) is 6.67. The van der Waals surface area contributed by atoms with E-state index < -0.39 is 0 Å². The van der Waals surface area contributed by atoms with E-state index in [2.05, 4.69) is 22.0 Å². The summed E-state index contributed by atoms with van der Waals surface area (Å²) in [5.41, 5.74) is -0.290. The first-order chi connectivity index (χ1) is 14.6. The summed E-state index contributed by atoms with van der Waals surface area (Å²) in [6, 6.07) is 9.59. The Bertz CT molecular complexity index is 817. The summed E-state index contributed by atoms with van der Waals surface area (Å²) in [6.07, 6.45) is 6.84. The molecule has 0 radical (unpaired) electrons. The number of ether oxygens (including phenoxy) is 1. The topological polar surface area (TPSA) is 71.7 Å². The summed E-state index contributed by atoms with van der Waals surface area (Å²) in [4.78, 5) is 21.9. The number of rotatable bonds is 6. The summed E-state index contributed by atoms with van der Waals surface area (Å²) in [6.45, 7) is 6.41. The Morgan fingerprint density at radius 2 is 1.87 bits per heavy atom. The molecular weight excluding hydrogens is 380 g/mol. The van der Waals surface area contributed by atoms with E-state index in [4.69, 9.17) is 9.26 Å². The Balaban J connectivity index is 1.35. The van der Waals surface area contributed by atoms with Gasteiger partial charge in [-0.1, -0.05) is 43.1 Å². The first-order valence-corrected chi connectivity index (χ1v) is 11.1. The van der Waals surface area contributed by atoms with Gasteiger partial charge in [0.2, 0.25) is 5.91 Å². The van der Waals surface area contributed by atoms with Gasteiger partial charge in [-0.05, 0) is 50.9 Å². The third-order valence-corrected chi connectivity index (χ3v) is 6.22. The van der Waals surface area contributed by atoms with Crippen molar-refractivity contribution in [2.45, 2.75) is 57.5 Å². The van der Waals surface area contributed by atoms with E-state index in [-0.39, 0.29) is 17.9 Å². The van der Waals surface area contributed by atoms with Gasteiger partial charge in [0.15, 0.2) is 12.4 Å². The lowest BCUT2D eigenvalue weighted by Gasteiger charge is -2.39. The van der Waals surface area contributed by atoms with Crippen LogP contribution in [0.4, 0.5) is 0 Å². The van der Waals surface area contributed by atoms with Gasteiger partial charge in [-0.2, -0.15) is 4.98 Å². The maximum absolute atomic E-state index is 13.0. The van der Waals surface area contributed by atoms with Crippen molar-refractivity contribution in [2.24, 2.45) is 0 Å². The minimum atomic E-state index is -0.290. The number of amides is 1. The fourth-order valence-corrected chi connectivity index (χ4v) is 4.44. The van der Waals surface area contributed by atoms with Crippen LogP contribution in [0, 0.1) is 0 Å². The molecular formula is C23H32N4O3. The minimum Gasteiger partial charge on any atom is -0.484 e. The Hall–Kier alpha value is -2.41. The van der Waals surface area contributed by atoms with Gasteiger partial charge in [-0.3, -0.25) is 9.69 Å². The Morgan fingerprint density at radius 3 is 2.63 bits per heavy atom. The molecule has 7 nitrogen and oxygen atoms in total. The minimum absolute atomic E-state index is 0.221. The van der Waals surface area contributed by atoms with Crippen LogP contribution in [-0.2, 0) is 16.8 Å². The number of carbonyl (C=O) groups excluding carboxylic acids is 1. The number of piperidine rings is 1. The van der Waals surface area contributed by atoms with E-state index in [9.17, 15) is 4.79 Å². The van der Waals surface area contributed by atoms with Crippen LogP contribution in [0.3, 0.4) is 0 Å². The largest absolute Gasteiger partial charge is 0.484 e. The third-order valence-electron chi connectivity index (χ3n) is 6.22. The van der Waals surface area contributed by atoms with Gasteiger partial charge in [0.25, 0.3) is 5.89 Å². The SMILES string of the molecule is CC1(c2noc(COc3ccccc3)n2)CCCN(C(=O)CN2CCCCCC2)C1. The monoisotopic (exact) mass is 412 g/mol. The van der Waals surface area contributed by atoms with Crippen LogP contribution in [0.25, 0.3) is 0 Å². The summed E-state index contributed by atoms with van der Waals surface area (Å²) < 4.78 is 11.2. The highest BCUT2D eigenvalue weighted by atomic mass is 16.5. The molecule has 0 N–H and O–H groups in total. The van der Waals surface area contributed by atoms with E-state index in [1.54, 1.807) is 0 Å². The Labute approximate surface area is 178 Å². The van der Waals surface area contributed by atoms with E-state index in [1.165, 1.54) is 25.7 Å². The van der Waals surface area contributed by atoms with Crippen molar-refractivity contribution in [1.82, 2.24) is 19.9 Å². The van der Waals surface area contributed by atoms with Gasteiger partial charge < -0.3 is 14.2 Å². The number of likely N-dealkylation sites (tertiary alicyclic amines) is 2. The number of hydrogen-bond donors (Lipinski definition) is 0. The van der Waals surface area contributed by atoms with Crippen molar-refractivity contribution >= 4 is 5.91 Å². The zero-order valence-electron chi connectivity index (χ0n) is 17.9. The van der Waals surface area contributed by atoms with Crippen LogP contribution < -0.4 is 4.74 Å². The maximum Gasteiger partial charge on any atom is 0.264 e. The Morgan fingerprint density at radius 1 is 1.10 bits per heavy atom. The molecule has 1 atom stereocenters. The lowest BCUT2D eigenvalue weighted by Crippen LogP contribution is -2.50. The van der Waals surface area contributed by atoms with Gasteiger partial charge in [0.05, 0.1) is 6.54 Å². The molecule has 2 aromatic rings. The van der Waals surface area contributed by atoms with Crippen LogP contribution in [0.1, 0.15) is 57.2 Å². The van der Waals surface area contributed by atoms with Crippen molar-refractivity contribution < 1.29 is 14.1 Å². The molecule has 1 unspecified atom stereocenters. The number of para-hydroxylation sites is 1. The molecule has 162 valence electrons. The molecule has 1 aromatic carbocycles. The van der Waals surface area contributed by atoms with Crippen molar-refractivity contribution in [3.05, 3.63) is 42.0 Å². The van der Waals surface area contributed by atoms with Gasteiger partial charge >= 0.3 is 0 Å². The number of carbonyl (C=O) groups is 1. The molecule has 30 heavy (non-hydrogen) atoms. The average Bonchev–Trinajstić information content (AvgIpc) is 3.11. The molecule has 0 bridgehead atoms. The summed E-state index contributed by atoms with van der Waals surface area (Å²) in [7, 11) is 0. The fourth-order valence-electron chi connectivity index (χ4n) is 4.44. The van der Waals surface area contributed by atoms with Crippen molar-refractivity contribution in [3.63, 3.8) is 0 Å². The third kappa shape index (κ3) is 5.19. The summed E-state index contributed by atoms with van der Waals surface area (Å²) in [5, 5.41) is 4.23. The molecule has 7 heteroatoms. The fraction of sp³-hybridized carbons (Fsp3) is 0.609. The van der Waals surface area contributed by atoms with Crippen molar-refractivity contribution in [2.75, 3.05) is 32.7 Å². The number of aromatic nitrogens is 2. The average molecular weight is 413 g/mol. The van der Waals surface area contributed by atoms with Crippen LogP contribution in [-0.4, -0.2) is 58.6 Å². The zero-order chi connectivity index (χ0) is 20.8.